The maximum absolute atomic E-state index is 12.1. The molecule has 0 aromatic carbocycles. The predicted octanol–water partition coefficient (Wildman–Crippen LogP) is -0.553. The van der Waals surface area contributed by atoms with Gasteiger partial charge in [0, 0.05) is 25.2 Å². The first-order chi connectivity index (χ1) is 8.29. The normalized spacial score (nSPS) is 11.2. The minimum Gasteiger partial charge on any atom is -0.395 e. The summed E-state index contributed by atoms with van der Waals surface area (Å²) in [6.45, 7) is 7.42. The van der Waals surface area contributed by atoms with E-state index in [1.54, 1.807) is 6.92 Å². The first-order valence-electron chi connectivity index (χ1n) is 6.12. The van der Waals surface area contributed by atoms with E-state index in [-0.39, 0.29) is 26.3 Å². The van der Waals surface area contributed by atoms with Gasteiger partial charge in [0.15, 0.2) is 0 Å². The lowest BCUT2D eigenvalue weighted by Crippen LogP contribution is -2.53. The van der Waals surface area contributed by atoms with Crippen molar-refractivity contribution in [1.82, 2.24) is 9.80 Å². The van der Waals surface area contributed by atoms with Crippen LogP contribution in [-0.4, -0.2) is 70.2 Å². The van der Waals surface area contributed by atoms with Crippen LogP contribution >= 0.6 is 0 Å². The summed E-state index contributed by atoms with van der Waals surface area (Å²) in [6, 6.07) is 0. The van der Waals surface area contributed by atoms with Gasteiger partial charge in [0.1, 0.15) is 0 Å². The zero-order valence-corrected chi connectivity index (χ0v) is 11.6. The van der Waals surface area contributed by atoms with Gasteiger partial charge >= 0.3 is 11.8 Å². The smallest absolute Gasteiger partial charge is 0.312 e. The Balaban J connectivity index is 4.88. The molecule has 0 aromatic heterocycles. The van der Waals surface area contributed by atoms with E-state index in [1.807, 2.05) is 20.8 Å². The molecular formula is C12H24N2O4. The minimum absolute atomic E-state index is 0.0484. The molecule has 0 aliphatic rings. The molecule has 0 heterocycles. The molecule has 18 heavy (non-hydrogen) atoms. The van der Waals surface area contributed by atoms with Crippen LogP contribution < -0.4 is 0 Å². The maximum Gasteiger partial charge on any atom is 0.312 e. The summed E-state index contributed by atoms with van der Waals surface area (Å²) in [5.74, 6) is -1.29. The zero-order valence-electron chi connectivity index (χ0n) is 11.6. The van der Waals surface area contributed by atoms with Crippen molar-refractivity contribution in [2.45, 2.75) is 33.2 Å². The van der Waals surface area contributed by atoms with Crippen molar-refractivity contribution in [3.8, 4) is 0 Å². The Labute approximate surface area is 108 Å². The molecule has 0 aliphatic heterocycles. The van der Waals surface area contributed by atoms with Crippen LogP contribution in [0.4, 0.5) is 0 Å². The summed E-state index contributed by atoms with van der Waals surface area (Å²) >= 11 is 0. The number of aliphatic hydroxyl groups is 2. The summed E-state index contributed by atoms with van der Waals surface area (Å²) in [5, 5.41) is 17.7. The van der Waals surface area contributed by atoms with E-state index < -0.39 is 17.4 Å². The fourth-order valence-corrected chi connectivity index (χ4v) is 1.73. The third-order valence-corrected chi connectivity index (χ3v) is 2.58. The third kappa shape index (κ3) is 4.62. The van der Waals surface area contributed by atoms with Gasteiger partial charge in [-0.1, -0.05) is 0 Å². The Morgan fingerprint density at radius 2 is 1.44 bits per heavy atom. The molecular weight excluding hydrogens is 236 g/mol. The molecule has 0 spiro atoms. The molecule has 0 unspecified atom stereocenters. The average molecular weight is 260 g/mol. The molecule has 0 saturated heterocycles. The van der Waals surface area contributed by atoms with E-state index in [2.05, 4.69) is 0 Å². The van der Waals surface area contributed by atoms with Crippen molar-refractivity contribution in [3.05, 3.63) is 0 Å². The van der Waals surface area contributed by atoms with Gasteiger partial charge in [-0.2, -0.15) is 0 Å². The van der Waals surface area contributed by atoms with Crippen LogP contribution in [0.2, 0.25) is 0 Å². The van der Waals surface area contributed by atoms with Crippen LogP contribution in [0.25, 0.3) is 0 Å². The Hall–Kier alpha value is -1.14. The number of carbonyl (C=O) groups excluding carboxylic acids is 2. The predicted molar refractivity (Wildman–Crippen MR) is 67.9 cm³/mol. The minimum atomic E-state index is -0.685. The monoisotopic (exact) mass is 260 g/mol. The Kier molecular flexibility index (Phi) is 6.86. The Bertz CT molecular complexity index is 280. The van der Waals surface area contributed by atoms with Gasteiger partial charge < -0.3 is 20.0 Å². The van der Waals surface area contributed by atoms with Crippen LogP contribution in [0.1, 0.15) is 27.7 Å². The highest BCUT2D eigenvalue weighted by atomic mass is 16.3. The Morgan fingerprint density at radius 1 is 1.00 bits per heavy atom. The molecule has 106 valence electrons. The van der Waals surface area contributed by atoms with E-state index in [0.717, 1.165) is 4.90 Å². The van der Waals surface area contributed by atoms with Gasteiger partial charge in [0.05, 0.1) is 13.2 Å². The van der Waals surface area contributed by atoms with Gasteiger partial charge in [-0.3, -0.25) is 9.59 Å². The van der Waals surface area contributed by atoms with E-state index in [1.165, 1.54) is 4.90 Å². The number of likely N-dealkylation sites (N-methyl/N-ethyl adjacent to an activating group) is 1. The molecule has 0 fully saturated rings. The molecule has 0 atom stereocenters. The summed E-state index contributed by atoms with van der Waals surface area (Å²) in [7, 11) is 0. The van der Waals surface area contributed by atoms with Crippen LogP contribution in [0.5, 0.6) is 0 Å². The van der Waals surface area contributed by atoms with Crippen molar-refractivity contribution >= 4 is 11.8 Å². The quantitative estimate of drug-likeness (QED) is 0.650. The molecule has 0 rings (SSSR count). The summed E-state index contributed by atoms with van der Waals surface area (Å²) in [4.78, 5) is 26.7. The molecule has 6 nitrogen and oxygen atoms in total. The van der Waals surface area contributed by atoms with Crippen LogP contribution in [0.3, 0.4) is 0 Å². The molecule has 0 saturated carbocycles. The number of carbonyl (C=O) groups is 2. The second-order valence-corrected chi connectivity index (χ2v) is 4.96. The number of hydrogen-bond donors (Lipinski definition) is 2. The summed E-state index contributed by atoms with van der Waals surface area (Å²) in [5.41, 5.74) is -0.439. The molecule has 2 N–H and O–H groups in total. The van der Waals surface area contributed by atoms with Crippen molar-refractivity contribution in [3.63, 3.8) is 0 Å². The molecule has 6 heteroatoms. The van der Waals surface area contributed by atoms with Gasteiger partial charge in [0.25, 0.3) is 0 Å². The van der Waals surface area contributed by atoms with Crippen molar-refractivity contribution < 1.29 is 19.8 Å². The number of rotatable bonds is 5. The largest absolute Gasteiger partial charge is 0.395 e. The lowest BCUT2D eigenvalue weighted by molar-refractivity contribution is -0.155. The van der Waals surface area contributed by atoms with Crippen molar-refractivity contribution in [2.75, 3.05) is 32.8 Å². The molecule has 0 radical (unpaired) electrons. The average Bonchev–Trinajstić information content (AvgIpc) is 2.26. The van der Waals surface area contributed by atoms with Gasteiger partial charge in [0.2, 0.25) is 0 Å². The zero-order chi connectivity index (χ0) is 14.3. The lowest BCUT2D eigenvalue weighted by Gasteiger charge is -2.35. The second-order valence-electron chi connectivity index (χ2n) is 4.96. The number of nitrogens with zero attached hydrogens (tertiary/aromatic N) is 2. The van der Waals surface area contributed by atoms with Crippen LogP contribution in [0, 0.1) is 0 Å². The van der Waals surface area contributed by atoms with Crippen LogP contribution in [0.15, 0.2) is 0 Å². The summed E-state index contributed by atoms with van der Waals surface area (Å²) in [6.07, 6.45) is 0. The molecule has 0 aliphatic carbocycles. The number of aliphatic hydroxyl groups excluding tert-OH is 2. The van der Waals surface area contributed by atoms with Gasteiger partial charge in [-0.05, 0) is 27.7 Å². The van der Waals surface area contributed by atoms with Crippen LogP contribution in [-0.2, 0) is 9.59 Å². The first kappa shape index (κ1) is 16.9. The second kappa shape index (κ2) is 7.33. The van der Waals surface area contributed by atoms with Gasteiger partial charge in [-0.25, -0.2) is 0 Å². The van der Waals surface area contributed by atoms with E-state index in [9.17, 15) is 9.59 Å². The SMILES string of the molecule is CCN(C(=O)C(=O)N(CCO)CCO)C(C)(C)C. The maximum atomic E-state index is 12.1. The highest BCUT2D eigenvalue weighted by Crippen LogP contribution is 2.13. The van der Waals surface area contributed by atoms with Crippen molar-refractivity contribution in [1.29, 1.82) is 0 Å². The fraction of sp³-hybridized carbons (Fsp3) is 0.833. The van der Waals surface area contributed by atoms with Crippen molar-refractivity contribution in [2.24, 2.45) is 0 Å². The number of hydrogen-bond acceptors (Lipinski definition) is 4. The van der Waals surface area contributed by atoms with Gasteiger partial charge in [-0.15, -0.1) is 0 Å². The van der Waals surface area contributed by atoms with E-state index >= 15 is 0 Å². The lowest BCUT2D eigenvalue weighted by atomic mass is 10.1. The summed E-state index contributed by atoms with van der Waals surface area (Å²) < 4.78 is 0. The first-order valence-corrected chi connectivity index (χ1v) is 6.12. The van der Waals surface area contributed by atoms with E-state index in [0.29, 0.717) is 6.54 Å². The number of amides is 2. The molecule has 2 amide bonds. The highest BCUT2D eigenvalue weighted by molar-refractivity contribution is 6.35. The van der Waals surface area contributed by atoms with E-state index in [4.69, 9.17) is 10.2 Å². The topological polar surface area (TPSA) is 81.1 Å². The Morgan fingerprint density at radius 3 is 1.72 bits per heavy atom. The third-order valence-electron chi connectivity index (χ3n) is 2.58. The fourth-order valence-electron chi connectivity index (χ4n) is 1.73. The molecule has 0 bridgehead atoms. The standard InChI is InChI=1S/C12H24N2O4/c1-5-14(12(2,3)4)11(18)10(17)13(6-8-15)7-9-16/h15-16H,5-9H2,1-4H3. The molecule has 0 aromatic rings. The highest BCUT2D eigenvalue weighted by Gasteiger charge is 2.32.